The van der Waals surface area contributed by atoms with Gasteiger partial charge in [-0.25, -0.2) is 0 Å². The SMILES string of the molecule is C[C@@H](O)CNC(=O)C(C)(C)C#N. The van der Waals surface area contributed by atoms with Gasteiger partial charge in [0, 0.05) is 6.54 Å². The van der Waals surface area contributed by atoms with Crippen LogP contribution in [0.3, 0.4) is 0 Å². The van der Waals surface area contributed by atoms with Gasteiger partial charge >= 0.3 is 0 Å². The van der Waals surface area contributed by atoms with Gasteiger partial charge in [-0.15, -0.1) is 0 Å². The van der Waals surface area contributed by atoms with E-state index in [0.29, 0.717) is 0 Å². The van der Waals surface area contributed by atoms with Gasteiger partial charge in [0.2, 0.25) is 5.91 Å². The van der Waals surface area contributed by atoms with Crippen LogP contribution >= 0.6 is 0 Å². The van der Waals surface area contributed by atoms with Crippen LogP contribution in [0.4, 0.5) is 0 Å². The third-order valence-electron chi connectivity index (χ3n) is 1.41. The lowest BCUT2D eigenvalue weighted by molar-refractivity contribution is -0.127. The smallest absolute Gasteiger partial charge is 0.239 e. The van der Waals surface area contributed by atoms with E-state index in [1.807, 2.05) is 6.07 Å². The Kier molecular flexibility index (Phi) is 3.71. The molecule has 4 nitrogen and oxygen atoms in total. The topological polar surface area (TPSA) is 73.1 Å². The van der Waals surface area contributed by atoms with Crippen LogP contribution in [0.1, 0.15) is 20.8 Å². The molecule has 2 N–H and O–H groups in total. The first-order valence-electron chi connectivity index (χ1n) is 3.78. The Morgan fingerprint density at radius 3 is 2.58 bits per heavy atom. The van der Waals surface area contributed by atoms with Crippen LogP contribution in [0, 0.1) is 16.7 Å². The maximum Gasteiger partial charge on any atom is 0.239 e. The van der Waals surface area contributed by atoms with Crippen molar-refractivity contribution in [1.82, 2.24) is 5.32 Å². The second-order valence-corrected chi connectivity index (χ2v) is 3.30. The number of carbonyl (C=O) groups excluding carboxylic acids is 1. The van der Waals surface area contributed by atoms with E-state index in [0.717, 1.165) is 0 Å². The Morgan fingerprint density at radius 2 is 2.25 bits per heavy atom. The number of nitrogens with zero attached hydrogens (tertiary/aromatic N) is 1. The molecule has 0 heterocycles. The van der Waals surface area contributed by atoms with E-state index in [1.54, 1.807) is 6.92 Å². The van der Waals surface area contributed by atoms with Gasteiger partial charge in [0.05, 0.1) is 12.2 Å². The number of hydrogen-bond acceptors (Lipinski definition) is 3. The summed E-state index contributed by atoms with van der Waals surface area (Å²) in [4.78, 5) is 11.2. The Labute approximate surface area is 72.2 Å². The standard InChI is InChI=1S/C8H14N2O2/c1-6(11)4-10-7(12)8(2,3)5-9/h6,11H,4H2,1-3H3,(H,10,12)/t6-/m1/s1. The molecule has 0 unspecified atom stereocenters. The molecule has 1 atom stereocenters. The first-order chi connectivity index (χ1) is 5.40. The maximum absolute atomic E-state index is 11.2. The molecule has 1 amide bonds. The van der Waals surface area contributed by atoms with E-state index in [-0.39, 0.29) is 12.5 Å². The van der Waals surface area contributed by atoms with Crippen molar-refractivity contribution in [2.45, 2.75) is 26.9 Å². The first-order valence-corrected chi connectivity index (χ1v) is 3.78. The molecule has 0 aliphatic rings. The summed E-state index contributed by atoms with van der Waals surface area (Å²) in [7, 11) is 0. The number of hydrogen-bond donors (Lipinski definition) is 2. The predicted molar refractivity (Wildman–Crippen MR) is 44.1 cm³/mol. The minimum atomic E-state index is -1.02. The van der Waals surface area contributed by atoms with Crippen molar-refractivity contribution >= 4 is 5.91 Å². The van der Waals surface area contributed by atoms with Crippen LogP contribution in [0.15, 0.2) is 0 Å². The molecule has 0 fully saturated rings. The van der Waals surface area contributed by atoms with Crippen molar-refractivity contribution in [1.29, 1.82) is 5.26 Å². The Morgan fingerprint density at radius 1 is 1.75 bits per heavy atom. The fourth-order valence-electron chi connectivity index (χ4n) is 0.512. The summed E-state index contributed by atoms with van der Waals surface area (Å²) in [6.45, 7) is 4.82. The van der Waals surface area contributed by atoms with Gasteiger partial charge in [0.15, 0.2) is 0 Å². The lowest BCUT2D eigenvalue weighted by atomic mass is 9.95. The first kappa shape index (κ1) is 10.9. The average molecular weight is 170 g/mol. The second kappa shape index (κ2) is 4.07. The van der Waals surface area contributed by atoms with Gasteiger partial charge in [-0.05, 0) is 20.8 Å². The number of nitrogens with one attached hydrogen (secondary N) is 1. The van der Waals surface area contributed by atoms with Gasteiger partial charge in [-0.1, -0.05) is 0 Å². The lowest BCUT2D eigenvalue weighted by Crippen LogP contribution is -2.39. The molecule has 68 valence electrons. The number of amides is 1. The minimum absolute atomic E-state index is 0.184. The van der Waals surface area contributed by atoms with E-state index in [1.165, 1.54) is 13.8 Å². The predicted octanol–water partition coefficient (Wildman–Crippen LogP) is 0.0332. The van der Waals surface area contributed by atoms with Gasteiger partial charge < -0.3 is 10.4 Å². The zero-order valence-electron chi connectivity index (χ0n) is 7.59. The largest absolute Gasteiger partial charge is 0.392 e. The number of rotatable bonds is 3. The van der Waals surface area contributed by atoms with Crippen molar-refractivity contribution in [2.24, 2.45) is 5.41 Å². The Hall–Kier alpha value is -1.08. The molecule has 0 rings (SSSR count). The second-order valence-electron chi connectivity index (χ2n) is 3.30. The summed E-state index contributed by atoms with van der Waals surface area (Å²) < 4.78 is 0. The van der Waals surface area contributed by atoms with Crippen LogP contribution in [0.25, 0.3) is 0 Å². The van der Waals surface area contributed by atoms with E-state index >= 15 is 0 Å². The highest BCUT2D eigenvalue weighted by Crippen LogP contribution is 2.12. The van der Waals surface area contributed by atoms with Gasteiger partial charge in [0.25, 0.3) is 0 Å². The highest BCUT2D eigenvalue weighted by atomic mass is 16.3. The molecule has 0 aliphatic carbocycles. The van der Waals surface area contributed by atoms with Crippen LogP contribution in [0.2, 0.25) is 0 Å². The van der Waals surface area contributed by atoms with Crippen LogP contribution in [0.5, 0.6) is 0 Å². The summed E-state index contributed by atoms with van der Waals surface area (Å²) in [5, 5.41) is 19.9. The third-order valence-corrected chi connectivity index (χ3v) is 1.41. The minimum Gasteiger partial charge on any atom is -0.392 e. The number of aliphatic hydroxyl groups excluding tert-OH is 1. The Bertz CT molecular complexity index is 204. The van der Waals surface area contributed by atoms with Gasteiger partial charge in [-0.3, -0.25) is 4.79 Å². The molecule has 0 aromatic rings. The monoisotopic (exact) mass is 170 g/mol. The summed E-state index contributed by atoms with van der Waals surface area (Å²) in [6, 6.07) is 1.87. The number of nitriles is 1. The molecule has 0 saturated carbocycles. The average Bonchev–Trinajstić information content (AvgIpc) is 2.00. The highest BCUT2D eigenvalue weighted by molar-refractivity contribution is 5.84. The van der Waals surface area contributed by atoms with Crippen molar-refractivity contribution in [2.75, 3.05) is 6.54 Å². The van der Waals surface area contributed by atoms with E-state index in [2.05, 4.69) is 5.32 Å². The molecule has 4 heteroatoms. The zero-order chi connectivity index (χ0) is 9.78. The molecule has 0 aliphatic heterocycles. The van der Waals surface area contributed by atoms with Gasteiger partial charge in [0.1, 0.15) is 5.41 Å². The fourth-order valence-corrected chi connectivity index (χ4v) is 0.512. The molecule has 0 saturated heterocycles. The summed E-state index contributed by atoms with van der Waals surface area (Å²) in [6.07, 6.45) is -0.580. The Balaban J connectivity index is 3.99. The number of carbonyl (C=O) groups is 1. The molecule has 0 spiro atoms. The summed E-state index contributed by atoms with van der Waals surface area (Å²) >= 11 is 0. The molecule has 0 radical (unpaired) electrons. The lowest BCUT2D eigenvalue weighted by Gasteiger charge is -2.15. The van der Waals surface area contributed by atoms with Crippen molar-refractivity contribution < 1.29 is 9.90 Å². The van der Waals surface area contributed by atoms with E-state index < -0.39 is 11.5 Å². The van der Waals surface area contributed by atoms with Crippen LogP contribution < -0.4 is 5.32 Å². The van der Waals surface area contributed by atoms with Crippen molar-refractivity contribution in [3.63, 3.8) is 0 Å². The maximum atomic E-state index is 11.2. The zero-order valence-corrected chi connectivity index (χ0v) is 7.59. The molecule has 0 bridgehead atoms. The molecule has 0 aromatic carbocycles. The molecular formula is C8H14N2O2. The fraction of sp³-hybridized carbons (Fsp3) is 0.750. The molecular weight excluding hydrogens is 156 g/mol. The summed E-state index contributed by atoms with van der Waals surface area (Å²) in [5.74, 6) is -0.356. The quantitative estimate of drug-likeness (QED) is 0.627. The van der Waals surface area contributed by atoms with Crippen molar-refractivity contribution in [3.8, 4) is 6.07 Å². The van der Waals surface area contributed by atoms with E-state index in [4.69, 9.17) is 10.4 Å². The van der Waals surface area contributed by atoms with Crippen LogP contribution in [-0.4, -0.2) is 23.7 Å². The summed E-state index contributed by atoms with van der Waals surface area (Å²) in [5.41, 5.74) is -1.02. The highest BCUT2D eigenvalue weighted by Gasteiger charge is 2.26. The number of aliphatic hydroxyl groups is 1. The van der Waals surface area contributed by atoms with E-state index in [9.17, 15) is 4.79 Å². The molecule has 12 heavy (non-hydrogen) atoms. The van der Waals surface area contributed by atoms with Gasteiger partial charge in [-0.2, -0.15) is 5.26 Å². The van der Waals surface area contributed by atoms with Crippen LogP contribution in [-0.2, 0) is 4.79 Å². The third kappa shape index (κ3) is 3.35. The normalized spacial score (nSPS) is 13.2. The molecule has 0 aromatic heterocycles. The van der Waals surface area contributed by atoms with Crippen molar-refractivity contribution in [3.05, 3.63) is 0 Å².